The Hall–Kier alpha value is -0.123. The average molecular weight is 315 g/mol. The van der Waals surface area contributed by atoms with Crippen molar-refractivity contribution in [3.05, 3.63) is 34.3 Å². The molecule has 1 unspecified atom stereocenters. The topological polar surface area (TPSA) is 9.23 Å². The summed E-state index contributed by atoms with van der Waals surface area (Å²) in [6, 6.07) is 8.55. The highest BCUT2D eigenvalue weighted by molar-refractivity contribution is 9.10. The van der Waals surface area contributed by atoms with Crippen LogP contribution in [-0.4, -0.2) is 15.1 Å². The molecule has 0 bridgehead atoms. The Bertz CT molecular complexity index is 340. The largest absolute Gasteiger partial charge is 0.417 e. The fraction of sp³-hybridized carbons (Fsp3) is 0.571. The van der Waals surface area contributed by atoms with Gasteiger partial charge in [-0.05, 0) is 42.6 Å². The van der Waals surface area contributed by atoms with E-state index in [2.05, 4.69) is 74.1 Å². The van der Waals surface area contributed by atoms with Crippen LogP contribution in [0.4, 0.5) is 0 Å². The van der Waals surface area contributed by atoms with Gasteiger partial charge in [0.05, 0.1) is 6.10 Å². The summed E-state index contributed by atoms with van der Waals surface area (Å²) in [5.41, 5.74) is 1.55. The molecule has 0 saturated carbocycles. The number of halogens is 1. The quantitative estimate of drug-likeness (QED) is 0.748. The van der Waals surface area contributed by atoms with Gasteiger partial charge in [-0.2, -0.15) is 0 Å². The molecule has 17 heavy (non-hydrogen) atoms. The Morgan fingerprint density at radius 2 is 1.71 bits per heavy atom. The number of hydrogen-bond donors (Lipinski definition) is 0. The van der Waals surface area contributed by atoms with Gasteiger partial charge in [-0.25, -0.2) is 0 Å². The Morgan fingerprint density at radius 3 is 2.12 bits per heavy atom. The molecule has 1 nitrogen and oxygen atoms in total. The molecule has 96 valence electrons. The third-order valence-corrected chi connectivity index (χ3v) is 4.14. The molecule has 0 heterocycles. The zero-order chi connectivity index (χ0) is 13.1. The predicted molar refractivity (Wildman–Crippen MR) is 81.1 cm³/mol. The molecular formula is C14H23BrOSi. The first kappa shape index (κ1) is 14.9. The molecule has 1 rings (SSSR count). The number of rotatable bonds is 4. The van der Waals surface area contributed by atoms with Gasteiger partial charge in [0.2, 0.25) is 0 Å². The summed E-state index contributed by atoms with van der Waals surface area (Å²) < 4.78 is 7.31. The third kappa shape index (κ3) is 5.36. The standard InChI is InChI=1S/C14H23BrOSi/c1-14(2,3)13(16-17(4)5)10-11-6-8-12(15)9-7-11/h6-9,13,17H,10H2,1-5H3. The van der Waals surface area contributed by atoms with Crippen molar-refractivity contribution in [2.24, 2.45) is 5.41 Å². The molecule has 0 aliphatic carbocycles. The average Bonchev–Trinajstić information content (AvgIpc) is 2.18. The van der Waals surface area contributed by atoms with Crippen LogP contribution in [0.2, 0.25) is 13.1 Å². The lowest BCUT2D eigenvalue weighted by atomic mass is 9.85. The summed E-state index contributed by atoms with van der Waals surface area (Å²) in [5, 5.41) is 0. The predicted octanol–water partition coefficient (Wildman–Crippen LogP) is 4.41. The monoisotopic (exact) mass is 314 g/mol. The summed E-state index contributed by atoms with van der Waals surface area (Å²) in [6.07, 6.45) is 1.32. The van der Waals surface area contributed by atoms with E-state index in [1.165, 1.54) is 5.56 Å². The Balaban J connectivity index is 2.75. The molecule has 0 radical (unpaired) electrons. The van der Waals surface area contributed by atoms with Gasteiger partial charge in [0.25, 0.3) is 0 Å². The van der Waals surface area contributed by atoms with E-state index in [1.54, 1.807) is 0 Å². The molecule has 0 aromatic heterocycles. The van der Waals surface area contributed by atoms with E-state index in [-0.39, 0.29) is 5.41 Å². The molecule has 1 atom stereocenters. The molecule has 0 fully saturated rings. The van der Waals surface area contributed by atoms with Gasteiger partial charge in [0.1, 0.15) is 0 Å². The van der Waals surface area contributed by atoms with Crippen LogP contribution in [0.3, 0.4) is 0 Å². The van der Waals surface area contributed by atoms with Gasteiger partial charge >= 0.3 is 0 Å². The third-order valence-electron chi connectivity index (χ3n) is 2.74. The van der Waals surface area contributed by atoms with E-state index in [9.17, 15) is 0 Å². The van der Waals surface area contributed by atoms with Crippen molar-refractivity contribution < 1.29 is 4.43 Å². The Labute approximate surface area is 115 Å². The van der Waals surface area contributed by atoms with Gasteiger partial charge in [0.15, 0.2) is 9.04 Å². The van der Waals surface area contributed by atoms with Gasteiger partial charge in [-0.3, -0.25) is 0 Å². The van der Waals surface area contributed by atoms with Crippen molar-refractivity contribution in [2.75, 3.05) is 0 Å². The van der Waals surface area contributed by atoms with Crippen molar-refractivity contribution in [3.8, 4) is 0 Å². The maximum Gasteiger partial charge on any atom is 0.171 e. The molecule has 3 heteroatoms. The first-order valence-corrected chi connectivity index (χ1v) is 9.76. The second kappa shape index (κ2) is 6.16. The lowest BCUT2D eigenvalue weighted by molar-refractivity contribution is 0.0867. The van der Waals surface area contributed by atoms with E-state index in [0.717, 1.165) is 10.9 Å². The van der Waals surface area contributed by atoms with Crippen molar-refractivity contribution in [3.63, 3.8) is 0 Å². The van der Waals surface area contributed by atoms with E-state index >= 15 is 0 Å². The summed E-state index contributed by atoms with van der Waals surface area (Å²) in [6.45, 7) is 11.2. The minimum Gasteiger partial charge on any atom is -0.417 e. The second-order valence-electron chi connectivity index (χ2n) is 5.87. The van der Waals surface area contributed by atoms with Crippen molar-refractivity contribution in [1.82, 2.24) is 0 Å². The van der Waals surface area contributed by atoms with Crippen LogP contribution in [0.15, 0.2) is 28.7 Å². The van der Waals surface area contributed by atoms with Crippen molar-refractivity contribution in [2.45, 2.75) is 46.4 Å². The molecule has 0 amide bonds. The number of benzene rings is 1. The maximum absolute atomic E-state index is 6.18. The lowest BCUT2D eigenvalue weighted by Gasteiger charge is -2.32. The molecule has 1 aromatic rings. The summed E-state index contributed by atoms with van der Waals surface area (Å²) in [5.74, 6) is 0. The smallest absolute Gasteiger partial charge is 0.171 e. The van der Waals surface area contributed by atoms with E-state index in [1.807, 2.05) is 0 Å². The van der Waals surface area contributed by atoms with E-state index < -0.39 is 9.04 Å². The molecule has 0 saturated heterocycles. The van der Waals surface area contributed by atoms with Crippen LogP contribution < -0.4 is 0 Å². The SMILES string of the molecule is C[SiH](C)OC(Cc1ccc(Br)cc1)C(C)(C)C. The Morgan fingerprint density at radius 1 is 1.18 bits per heavy atom. The van der Waals surface area contributed by atoms with Gasteiger partial charge in [-0.15, -0.1) is 0 Å². The fourth-order valence-corrected chi connectivity index (χ4v) is 3.15. The highest BCUT2D eigenvalue weighted by Gasteiger charge is 2.26. The van der Waals surface area contributed by atoms with Crippen molar-refractivity contribution in [1.29, 1.82) is 0 Å². The van der Waals surface area contributed by atoms with E-state index in [0.29, 0.717) is 6.10 Å². The molecule has 0 aliphatic rings. The van der Waals surface area contributed by atoms with Crippen LogP contribution in [-0.2, 0) is 10.8 Å². The minimum absolute atomic E-state index is 0.199. The zero-order valence-corrected chi connectivity index (χ0v) is 14.2. The Kier molecular flexibility index (Phi) is 5.42. The van der Waals surface area contributed by atoms with Crippen LogP contribution in [0.25, 0.3) is 0 Å². The summed E-state index contributed by atoms with van der Waals surface area (Å²) >= 11 is 3.47. The second-order valence-corrected chi connectivity index (χ2v) is 9.16. The maximum atomic E-state index is 6.18. The fourth-order valence-electron chi connectivity index (χ4n) is 1.72. The lowest BCUT2D eigenvalue weighted by Crippen LogP contribution is -2.35. The normalized spacial score (nSPS) is 14.1. The molecule has 0 aliphatic heterocycles. The number of hydrogen-bond acceptors (Lipinski definition) is 1. The summed E-state index contributed by atoms with van der Waals surface area (Å²) in [4.78, 5) is 0. The van der Waals surface area contributed by atoms with Gasteiger partial charge in [-0.1, -0.05) is 48.8 Å². The molecule has 0 N–H and O–H groups in total. The molecule has 0 spiro atoms. The van der Waals surface area contributed by atoms with E-state index in [4.69, 9.17) is 4.43 Å². The zero-order valence-electron chi connectivity index (χ0n) is 11.5. The van der Waals surface area contributed by atoms with Crippen LogP contribution in [0.5, 0.6) is 0 Å². The minimum atomic E-state index is -0.989. The van der Waals surface area contributed by atoms with Crippen LogP contribution in [0, 0.1) is 5.41 Å². The highest BCUT2D eigenvalue weighted by atomic mass is 79.9. The van der Waals surface area contributed by atoms with Crippen LogP contribution in [0.1, 0.15) is 26.3 Å². The van der Waals surface area contributed by atoms with Gasteiger partial charge in [0, 0.05) is 4.47 Å². The first-order valence-electron chi connectivity index (χ1n) is 6.19. The van der Waals surface area contributed by atoms with Crippen molar-refractivity contribution >= 4 is 25.0 Å². The highest BCUT2D eigenvalue weighted by Crippen LogP contribution is 2.26. The van der Waals surface area contributed by atoms with Gasteiger partial charge < -0.3 is 4.43 Å². The summed E-state index contributed by atoms with van der Waals surface area (Å²) in [7, 11) is -0.989. The van der Waals surface area contributed by atoms with Crippen LogP contribution >= 0.6 is 15.9 Å². The molecular weight excluding hydrogens is 292 g/mol. The first-order chi connectivity index (χ1) is 7.79. The molecule has 1 aromatic carbocycles.